The van der Waals surface area contributed by atoms with Crippen molar-refractivity contribution in [2.24, 2.45) is 11.1 Å². The molecule has 0 aliphatic heterocycles. The molecule has 128 valence electrons. The molecule has 0 saturated carbocycles. The molecule has 1 rings (SSSR count). The molecule has 0 fully saturated rings. The van der Waals surface area contributed by atoms with Crippen LogP contribution in [0.5, 0.6) is 0 Å². The highest BCUT2D eigenvalue weighted by Crippen LogP contribution is 2.09. The first kappa shape index (κ1) is 19.3. The molecular formula is C14H21N3O4S2. The molecule has 0 amide bonds. The maximum atomic E-state index is 11.2. The fraction of sp³-hybridized carbons (Fsp3) is 0.429. The number of thiocarbonyl (C=S) groups is 1. The third-order valence-electron chi connectivity index (χ3n) is 3.47. The zero-order valence-electron chi connectivity index (χ0n) is 12.9. The molecule has 5 N–H and O–H groups in total. The Hall–Kier alpha value is -1.71. The fourth-order valence-corrected chi connectivity index (χ4v) is 2.57. The second-order valence-electron chi connectivity index (χ2n) is 5.22. The van der Waals surface area contributed by atoms with Gasteiger partial charge >= 0.3 is 5.97 Å². The number of hydrogen-bond donors (Lipinski definition) is 4. The minimum absolute atomic E-state index is 0.0321. The van der Waals surface area contributed by atoms with E-state index in [0.29, 0.717) is 13.0 Å². The molecule has 0 heterocycles. The molecule has 0 radical (unpaired) electrons. The molecule has 0 aliphatic carbocycles. The number of carbonyl (C=O) groups is 1. The molecule has 0 bridgehead atoms. The lowest BCUT2D eigenvalue weighted by molar-refractivity contribution is -0.140. The summed E-state index contributed by atoms with van der Waals surface area (Å²) in [5.74, 6) is -1.03. The van der Waals surface area contributed by atoms with Gasteiger partial charge in [0.2, 0.25) is 10.0 Å². The predicted molar refractivity (Wildman–Crippen MR) is 91.3 cm³/mol. The monoisotopic (exact) mass is 359 g/mol. The molecule has 7 nitrogen and oxygen atoms in total. The normalized spacial score (nSPS) is 13.9. The van der Waals surface area contributed by atoms with Crippen molar-refractivity contribution in [3.05, 3.63) is 29.8 Å². The number of carboxylic acids is 1. The first-order valence-corrected chi connectivity index (χ1v) is 8.99. The summed E-state index contributed by atoms with van der Waals surface area (Å²) in [6, 6.07) is 5.27. The number of aliphatic carboxylic acids is 1. The zero-order chi connectivity index (χ0) is 17.6. The molecule has 2 atom stereocenters. The van der Waals surface area contributed by atoms with Crippen LogP contribution in [0.1, 0.15) is 25.8 Å². The molecule has 0 aliphatic rings. The smallest absolute Gasteiger partial charge is 0.326 e. The van der Waals surface area contributed by atoms with E-state index in [2.05, 4.69) is 10.6 Å². The Morgan fingerprint density at radius 1 is 1.35 bits per heavy atom. The van der Waals surface area contributed by atoms with E-state index < -0.39 is 22.0 Å². The molecule has 23 heavy (non-hydrogen) atoms. The SMILES string of the molecule is CCC(C)C(NC(=S)NCc1ccc(S(N)(=O)=O)cc1)C(=O)O. The van der Waals surface area contributed by atoms with Gasteiger partial charge in [-0.1, -0.05) is 32.4 Å². The molecule has 2 unspecified atom stereocenters. The Bertz CT molecular complexity index is 659. The Labute approximate surface area is 141 Å². The highest BCUT2D eigenvalue weighted by atomic mass is 32.2. The second-order valence-corrected chi connectivity index (χ2v) is 7.19. The first-order chi connectivity index (χ1) is 10.6. The highest BCUT2D eigenvalue weighted by molar-refractivity contribution is 7.89. The number of nitrogens with one attached hydrogen (secondary N) is 2. The minimum atomic E-state index is -3.71. The Kier molecular flexibility index (Phi) is 6.92. The quantitative estimate of drug-likeness (QED) is 0.531. The van der Waals surface area contributed by atoms with Crippen molar-refractivity contribution in [2.75, 3.05) is 0 Å². The zero-order valence-corrected chi connectivity index (χ0v) is 14.6. The summed E-state index contributed by atoms with van der Waals surface area (Å²) in [6.07, 6.45) is 0.710. The van der Waals surface area contributed by atoms with Gasteiger partial charge in [-0.05, 0) is 35.8 Å². The molecule has 0 spiro atoms. The maximum Gasteiger partial charge on any atom is 0.326 e. The topological polar surface area (TPSA) is 122 Å². The van der Waals surface area contributed by atoms with Crippen LogP contribution in [0.4, 0.5) is 0 Å². The lowest BCUT2D eigenvalue weighted by Gasteiger charge is -2.22. The van der Waals surface area contributed by atoms with Gasteiger partial charge in [0.15, 0.2) is 5.11 Å². The standard InChI is InChI=1S/C14H21N3O4S2/c1-3-9(2)12(13(18)19)17-14(22)16-8-10-4-6-11(7-5-10)23(15,20)21/h4-7,9,12H,3,8H2,1-2H3,(H,18,19)(H2,15,20,21)(H2,16,17,22). The van der Waals surface area contributed by atoms with Crippen LogP contribution in [-0.2, 0) is 21.4 Å². The highest BCUT2D eigenvalue weighted by Gasteiger charge is 2.23. The van der Waals surface area contributed by atoms with Crippen molar-refractivity contribution in [2.45, 2.75) is 37.8 Å². The van der Waals surface area contributed by atoms with Gasteiger partial charge in [-0.2, -0.15) is 0 Å². The van der Waals surface area contributed by atoms with Gasteiger partial charge in [-0.25, -0.2) is 18.4 Å². The summed E-state index contributed by atoms with van der Waals surface area (Å²) >= 11 is 5.10. The van der Waals surface area contributed by atoms with E-state index in [9.17, 15) is 18.3 Å². The van der Waals surface area contributed by atoms with Gasteiger partial charge < -0.3 is 15.7 Å². The summed E-state index contributed by atoms with van der Waals surface area (Å²) < 4.78 is 22.3. The van der Waals surface area contributed by atoms with Crippen LogP contribution in [0.3, 0.4) is 0 Å². The summed E-state index contributed by atoms with van der Waals surface area (Å²) in [5.41, 5.74) is 0.789. The van der Waals surface area contributed by atoms with Crippen molar-refractivity contribution >= 4 is 33.3 Å². The van der Waals surface area contributed by atoms with E-state index in [-0.39, 0.29) is 15.9 Å². The lowest BCUT2D eigenvalue weighted by Crippen LogP contribution is -2.48. The third kappa shape index (κ3) is 6.12. The van der Waals surface area contributed by atoms with Crippen LogP contribution in [0, 0.1) is 5.92 Å². The van der Waals surface area contributed by atoms with Crippen LogP contribution in [0.15, 0.2) is 29.2 Å². The van der Waals surface area contributed by atoms with E-state index in [1.54, 1.807) is 12.1 Å². The van der Waals surface area contributed by atoms with E-state index in [1.807, 2.05) is 13.8 Å². The Balaban J connectivity index is 2.60. The lowest BCUT2D eigenvalue weighted by atomic mass is 10.00. The van der Waals surface area contributed by atoms with Crippen LogP contribution in [-0.4, -0.2) is 30.6 Å². The number of hydrogen-bond acceptors (Lipinski definition) is 4. The Morgan fingerprint density at radius 3 is 2.35 bits per heavy atom. The number of carboxylic acid groups (broad SMARTS) is 1. The van der Waals surface area contributed by atoms with Crippen molar-refractivity contribution in [1.82, 2.24) is 10.6 Å². The predicted octanol–water partition coefficient (Wildman–Crippen LogP) is 0.797. The summed E-state index contributed by atoms with van der Waals surface area (Å²) in [7, 11) is -3.71. The largest absolute Gasteiger partial charge is 0.480 e. The molecule has 1 aromatic carbocycles. The molecule has 9 heteroatoms. The van der Waals surface area contributed by atoms with E-state index in [4.69, 9.17) is 17.4 Å². The van der Waals surface area contributed by atoms with Crippen molar-refractivity contribution in [3.8, 4) is 0 Å². The van der Waals surface area contributed by atoms with Gasteiger partial charge in [-0.3, -0.25) is 0 Å². The van der Waals surface area contributed by atoms with Gasteiger partial charge in [0.25, 0.3) is 0 Å². The average Bonchev–Trinajstić information content (AvgIpc) is 2.49. The number of rotatable bonds is 7. The van der Waals surface area contributed by atoms with Crippen molar-refractivity contribution < 1.29 is 18.3 Å². The average molecular weight is 359 g/mol. The number of benzene rings is 1. The second kappa shape index (κ2) is 8.23. The number of nitrogens with two attached hydrogens (primary N) is 1. The van der Waals surface area contributed by atoms with Gasteiger partial charge in [0, 0.05) is 6.54 Å². The van der Waals surface area contributed by atoms with Crippen LogP contribution >= 0.6 is 12.2 Å². The molecule has 1 aromatic rings. The molecule has 0 aromatic heterocycles. The Morgan fingerprint density at radius 2 is 1.91 bits per heavy atom. The summed E-state index contributed by atoms with van der Waals surface area (Å²) in [6.45, 7) is 4.08. The summed E-state index contributed by atoms with van der Waals surface area (Å²) in [5, 5.41) is 20.1. The van der Waals surface area contributed by atoms with E-state index in [1.165, 1.54) is 12.1 Å². The van der Waals surface area contributed by atoms with Crippen LogP contribution in [0.2, 0.25) is 0 Å². The van der Waals surface area contributed by atoms with Crippen LogP contribution < -0.4 is 15.8 Å². The van der Waals surface area contributed by atoms with E-state index in [0.717, 1.165) is 5.56 Å². The van der Waals surface area contributed by atoms with Gasteiger partial charge in [0.1, 0.15) is 6.04 Å². The molecular weight excluding hydrogens is 338 g/mol. The van der Waals surface area contributed by atoms with Crippen LogP contribution in [0.25, 0.3) is 0 Å². The number of sulfonamides is 1. The first-order valence-electron chi connectivity index (χ1n) is 7.04. The van der Waals surface area contributed by atoms with Gasteiger partial charge in [-0.15, -0.1) is 0 Å². The number of primary sulfonamides is 1. The fourth-order valence-electron chi connectivity index (χ4n) is 1.85. The van der Waals surface area contributed by atoms with Crippen molar-refractivity contribution in [3.63, 3.8) is 0 Å². The summed E-state index contributed by atoms with van der Waals surface area (Å²) in [4.78, 5) is 11.3. The third-order valence-corrected chi connectivity index (χ3v) is 4.66. The van der Waals surface area contributed by atoms with Crippen molar-refractivity contribution in [1.29, 1.82) is 0 Å². The molecule has 0 saturated heterocycles. The van der Waals surface area contributed by atoms with Gasteiger partial charge in [0.05, 0.1) is 4.90 Å². The van der Waals surface area contributed by atoms with E-state index >= 15 is 0 Å². The minimum Gasteiger partial charge on any atom is -0.480 e. The maximum absolute atomic E-state index is 11.2.